The van der Waals surface area contributed by atoms with E-state index in [1.807, 2.05) is 4.90 Å². The number of likely N-dealkylation sites (tertiary alicyclic amines) is 1. The highest BCUT2D eigenvalue weighted by atomic mass is 19.1. The van der Waals surface area contributed by atoms with Crippen LogP contribution in [0.25, 0.3) is 0 Å². The summed E-state index contributed by atoms with van der Waals surface area (Å²) in [6, 6.07) is 4.10. The lowest BCUT2D eigenvalue weighted by atomic mass is 9.99. The van der Waals surface area contributed by atoms with Gasteiger partial charge in [0.25, 0.3) is 0 Å². The Morgan fingerprint density at radius 2 is 1.83 bits per heavy atom. The van der Waals surface area contributed by atoms with E-state index in [-0.39, 0.29) is 23.8 Å². The molecule has 128 valence electrons. The van der Waals surface area contributed by atoms with Crippen LogP contribution in [0.3, 0.4) is 0 Å². The van der Waals surface area contributed by atoms with Crippen LogP contribution < -0.4 is 0 Å². The predicted octanol–water partition coefficient (Wildman–Crippen LogP) is 1.79. The lowest BCUT2D eigenvalue weighted by Gasteiger charge is -2.34. The van der Waals surface area contributed by atoms with Gasteiger partial charge in [0.15, 0.2) is 0 Å². The van der Waals surface area contributed by atoms with Crippen LogP contribution in [-0.2, 0) is 22.6 Å². The molecule has 1 saturated heterocycles. The van der Waals surface area contributed by atoms with Gasteiger partial charge in [0, 0.05) is 19.1 Å². The monoisotopic (exact) mass is 332 g/mol. The first kappa shape index (κ1) is 15.6. The second-order valence-electron chi connectivity index (χ2n) is 7.05. The van der Waals surface area contributed by atoms with Gasteiger partial charge in [-0.1, -0.05) is 6.07 Å². The van der Waals surface area contributed by atoms with Crippen molar-refractivity contribution in [1.29, 1.82) is 0 Å². The fraction of sp³-hybridized carbons (Fsp3) is 0.556. The van der Waals surface area contributed by atoms with Gasteiger partial charge in [-0.3, -0.25) is 14.5 Å². The van der Waals surface area contributed by atoms with E-state index in [0.717, 1.165) is 30.4 Å². The molecule has 1 aromatic carbocycles. The second-order valence-corrected chi connectivity index (χ2v) is 7.05. The van der Waals surface area contributed by atoms with E-state index >= 15 is 0 Å². The van der Waals surface area contributed by atoms with Crippen molar-refractivity contribution in [2.45, 2.75) is 56.8 Å². The number of hydrogen-bond donors (Lipinski definition) is 1. The summed E-state index contributed by atoms with van der Waals surface area (Å²) in [7, 11) is 0. The third-order valence-corrected chi connectivity index (χ3v) is 5.46. The van der Waals surface area contributed by atoms with E-state index in [1.165, 1.54) is 12.1 Å². The molecule has 2 fully saturated rings. The van der Waals surface area contributed by atoms with Gasteiger partial charge in [0.05, 0.1) is 6.04 Å². The van der Waals surface area contributed by atoms with Crippen molar-refractivity contribution in [1.82, 2.24) is 9.80 Å². The summed E-state index contributed by atoms with van der Waals surface area (Å²) in [4.78, 5) is 28.2. The minimum Gasteiger partial charge on any atom is -0.480 e. The third-order valence-electron chi connectivity index (χ3n) is 5.46. The zero-order valence-corrected chi connectivity index (χ0v) is 13.4. The smallest absolute Gasteiger partial charge is 0.320 e. The summed E-state index contributed by atoms with van der Waals surface area (Å²) in [6.07, 6.45) is 3.79. The van der Waals surface area contributed by atoms with Crippen LogP contribution in [0.1, 0.15) is 36.8 Å². The van der Waals surface area contributed by atoms with E-state index in [0.29, 0.717) is 25.9 Å². The van der Waals surface area contributed by atoms with Crippen molar-refractivity contribution < 1.29 is 19.1 Å². The number of amides is 1. The second kappa shape index (κ2) is 5.84. The number of nitrogens with zero attached hydrogens (tertiary/aromatic N) is 2. The Bertz CT molecular complexity index is 689. The van der Waals surface area contributed by atoms with Crippen LogP contribution in [0, 0.1) is 5.82 Å². The molecule has 3 aliphatic rings. The van der Waals surface area contributed by atoms with Crippen LogP contribution in [0.4, 0.5) is 4.39 Å². The molecule has 1 N–H and O–H groups in total. The molecule has 0 radical (unpaired) electrons. The molecule has 0 bridgehead atoms. The topological polar surface area (TPSA) is 60.9 Å². The standard InChI is InChI=1S/C18H21FN2O3/c19-13-2-1-11-7-8-20(10-12(11)9-13)17(22)15-5-6-16(18(23)24)21(15)14-3-4-14/h1-2,9,14-16H,3-8,10H2,(H,23,24). The van der Waals surface area contributed by atoms with E-state index in [2.05, 4.69) is 0 Å². The van der Waals surface area contributed by atoms with Crippen LogP contribution >= 0.6 is 0 Å². The van der Waals surface area contributed by atoms with Gasteiger partial charge < -0.3 is 10.0 Å². The number of carbonyl (C=O) groups excluding carboxylic acids is 1. The lowest BCUT2D eigenvalue weighted by Crippen LogP contribution is -2.51. The van der Waals surface area contributed by atoms with Crippen LogP contribution in [-0.4, -0.2) is 51.5 Å². The molecule has 1 aliphatic carbocycles. The molecular weight excluding hydrogens is 311 g/mol. The molecule has 2 atom stereocenters. The first-order valence-corrected chi connectivity index (χ1v) is 8.61. The number of aliphatic carboxylic acids is 1. The van der Waals surface area contributed by atoms with Gasteiger partial charge in [0.1, 0.15) is 11.9 Å². The SMILES string of the molecule is O=C(O)C1CCC(C(=O)N2CCc3ccc(F)cc3C2)N1C1CC1. The molecule has 4 rings (SSSR count). The van der Waals surface area contributed by atoms with Gasteiger partial charge in [-0.2, -0.15) is 0 Å². The van der Waals surface area contributed by atoms with E-state index in [9.17, 15) is 19.1 Å². The Balaban J connectivity index is 1.52. The minimum absolute atomic E-state index is 0.000520. The van der Waals surface area contributed by atoms with Crippen molar-refractivity contribution in [2.75, 3.05) is 6.54 Å². The number of halogens is 1. The fourth-order valence-electron chi connectivity index (χ4n) is 4.14. The molecule has 2 aliphatic heterocycles. The number of fused-ring (bicyclic) bond motifs is 1. The number of benzene rings is 1. The Morgan fingerprint density at radius 3 is 2.54 bits per heavy atom. The van der Waals surface area contributed by atoms with Gasteiger partial charge in [-0.25, -0.2) is 4.39 Å². The summed E-state index contributed by atoms with van der Waals surface area (Å²) in [6.45, 7) is 1.03. The molecule has 2 heterocycles. The normalized spacial score (nSPS) is 27.1. The molecule has 2 unspecified atom stereocenters. The maximum absolute atomic E-state index is 13.5. The molecule has 1 aromatic rings. The highest BCUT2D eigenvalue weighted by molar-refractivity contribution is 5.85. The van der Waals surface area contributed by atoms with E-state index in [1.54, 1.807) is 11.0 Å². The molecule has 0 spiro atoms. The summed E-state index contributed by atoms with van der Waals surface area (Å²) in [5.74, 6) is -1.11. The lowest BCUT2D eigenvalue weighted by molar-refractivity contribution is -0.145. The third kappa shape index (κ3) is 2.69. The summed E-state index contributed by atoms with van der Waals surface area (Å²) >= 11 is 0. The van der Waals surface area contributed by atoms with Gasteiger partial charge in [0.2, 0.25) is 5.91 Å². The van der Waals surface area contributed by atoms with Crippen LogP contribution in [0.2, 0.25) is 0 Å². The summed E-state index contributed by atoms with van der Waals surface area (Å²) < 4.78 is 13.5. The van der Waals surface area contributed by atoms with Crippen molar-refractivity contribution in [3.63, 3.8) is 0 Å². The van der Waals surface area contributed by atoms with Gasteiger partial charge in [-0.15, -0.1) is 0 Å². The van der Waals surface area contributed by atoms with Gasteiger partial charge >= 0.3 is 5.97 Å². The van der Waals surface area contributed by atoms with E-state index in [4.69, 9.17) is 0 Å². The zero-order valence-electron chi connectivity index (χ0n) is 13.4. The number of carboxylic acids is 1. The minimum atomic E-state index is -0.830. The molecule has 0 aromatic heterocycles. The molecule has 24 heavy (non-hydrogen) atoms. The molecule has 1 amide bonds. The largest absolute Gasteiger partial charge is 0.480 e. The maximum Gasteiger partial charge on any atom is 0.320 e. The first-order chi connectivity index (χ1) is 11.5. The Labute approximate surface area is 140 Å². The van der Waals surface area contributed by atoms with Crippen molar-refractivity contribution in [2.24, 2.45) is 0 Å². The Kier molecular flexibility index (Phi) is 3.79. The quantitative estimate of drug-likeness (QED) is 0.917. The predicted molar refractivity (Wildman–Crippen MR) is 84.8 cm³/mol. The molecule has 6 heteroatoms. The average molecular weight is 332 g/mol. The first-order valence-electron chi connectivity index (χ1n) is 8.61. The Hall–Kier alpha value is -1.95. The number of hydrogen-bond acceptors (Lipinski definition) is 3. The number of carboxylic acid groups (broad SMARTS) is 1. The molecular formula is C18H21FN2O3. The Morgan fingerprint density at radius 1 is 1.08 bits per heavy atom. The van der Waals surface area contributed by atoms with Crippen molar-refractivity contribution in [3.8, 4) is 0 Å². The molecule has 5 nitrogen and oxygen atoms in total. The highest BCUT2D eigenvalue weighted by Gasteiger charge is 2.49. The van der Waals surface area contributed by atoms with Crippen LogP contribution in [0.5, 0.6) is 0 Å². The van der Waals surface area contributed by atoms with E-state index < -0.39 is 12.0 Å². The summed E-state index contributed by atoms with van der Waals surface area (Å²) in [5, 5.41) is 9.42. The highest BCUT2D eigenvalue weighted by Crippen LogP contribution is 2.38. The number of carbonyl (C=O) groups is 2. The number of rotatable bonds is 3. The maximum atomic E-state index is 13.5. The fourth-order valence-corrected chi connectivity index (χ4v) is 4.14. The van der Waals surface area contributed by atoms with Crippen molar-refractivity contribution in [3.05, 3.63) is 35.1 Å². The summed E-state index contributed by atoms with van der Waals surface area (Å²) in [5.41, 5.74) is 1.95. The zero-order chi connectivity index (χ0) is 16.8. The van der Waals surface area contributed by atoms with Gasteiger partial charge in [-0.05, 0) is 55.4 Å². The van der Waals surface area contributed by atoms with Crippen molar-refractivity contribution >= 4 is 11.9 Å². The average Bonchev–Trinajstić information content (AvgIpc) is 3.31. The molecule has 1 saturated carbocycles. The van der Waals surface area contributed by atoms with Crippen LogP contribution in [0.15, 0.2) is 18.2 Å².